The van der Waals surface area contributed by atoms with Gasteiger partial charge in [-0.2, -0.15) is 0 Å². The van der Waals surface area contributed by atoms with Gasteiger partial charge in [-0.1, -0.05) is 33.8 Å². The van der Waals surface area contributed by atoms with Gasteiger partial charge in [-0.15, -0.1) is 0 Å². The van der Waals surface area contributed by atoms with E-state index in [-0.39, 0.29) is 11.3 Å². The zero-order chi connectivity index (χ0) is 15.8. The fourth-order valence-electron chi connectivity index (χ4n) is 2.69. The first-order chi connectivity index (χ1) is 9.66. The highest BCUT2D eigenvalue weighted by Crippen LogP contribution is 2.40. The molecule has 20 heavy (non-hydrogen) atoms. The third kappa shape index (κ3) is 2.88. The van der Waals surface area contributed by atoms with Crippen LogP contribution in [0.1, 0.15) is 34.1 Å². The summed E-state index contributed by atoms with van der Waals surface area (Å²) in [4.78, 5) is 17.2. The van der Waals surface area contributed by atoms with E-state index in [1.807, 2.05) is 32.9 Å². The third-order valence-electron chi connectivity index (χ3n) is 3.89. The topological polar surface area (TPSA) is 54.0 Å². The Labute approximate surface area is 130 Å². The molecule has 1 aromatic rings. The zero-order valence-corrected chi connectivity index (χ0v) is 14.0. The first-order valence-corrected chi connectivity index (χ1v) is 7.66. The smallest absolute Gasteiger partial charge is 0.246 e. The summed E-state index contributed by atoms with van der Waals surface area (Å²) < 4.78 is 8.98. The van der Waals surface area contributed by atoms with E-state index in [1.54, 1.807) is 6.07 Å². The van der Waals surface area contributed by atoms with Crippen LogP contribution in [0.3, 0.4) is 0 Å². The Balaban J connectivity index is 2.32. The standard InChI is InChI=1S/C15H22BrN3O/c1-10-8-15(17-9-10,14(2,3)4)13(20)19-12-7-5-6-11(16)18-12/h5-7,10,17H,8-9H2,1-4H3,(H,18,19,20)/t10-,15+/m0/s1/i/hD. The molecular weight excluding hydrogens is 318 g/mol. The summed E-state index contributed by atoms with van der Waals surface area (Å²) in [6.45, 7) is 8.73. The summed E-state index contributed by atoms with van der Waals surface area (Å²) in [5.41, 5.74) is -1.17. The van der Waals surface area contributed by atoms with Gasteiger partial charge in [-0.25, -0.2) is 4.98 Å². The molecule has 1 aliphatic heterocycles. The molecule has 2 rings (SSSR count). The highest BCUT2D eigenvalue weighted by molar-refractivity contribution is 9.10. The van der Waals surface area contributed by atoms with Gasteiger partial charge in [0.15, 0.2) is 0 Å². The van der Waals surface area contributed by atoms with Gasteiger partial charge in [0.2, 0.25) is 5.91 Å². The van der Waals surface area contributed by atoms with Gasteiger partial charge >= 0.3 is 0 Å². The Morgan fingerprint density at radius 3 is 2.80 bits per heavy atom. The number of amides is 1. The van der Waals surface area contributed by atoms with Crippen molar-refractivity contribution in [3.8, 4) is 0 Å². The van der Waals surface area contributed by atoms with Gasteiger partial charge in [0.1, 0.15) is 17.4 Å². The molecule has 2 heterocycles. The fourth-order valence-corrected chi connectivity index (χ4v) is 3.03. The molecule has 1 amide bonds. The van der Waals surface area contributed by atoms with Crippen LogP contribution in [0.4, 0.5) is 5.82 Å². The van der Waals surface area contributed by atoms with Crippen LogP contribution < -0.4 is 10.6 Å². The molecule has 0 radical (unpaired) electrons. The maximum atomic E-state index is 12.9. The first kappa shape index (κ1) is 14.0. The second kappa shape index (κ2) is 5.45. The fraction of sp³-hybridized carbons (Fsp3) is 0.600. The van der Waals surface area contributed by atoms with Crippen molar-refractivity contribution < 1.29 is 6.21 Å². The molecule has 0 aliphatic carbocycles. The number of nitrogens with one attached hydrogen (secondary N) is 2. The predicted octanol–water partition coefficient (Wildman–Crippen LogP) is 3.20. The minimum atomic E-state index is -0.837. The van der Waals surface area contributed by atoms with Crippen LogP contribution in [0.5, 0.6) is 0 Å². The van der Waals surface area contributed by atoms with Crippen molar-refractivity contribution in [3.05, 3.63) is 22.8 Å². The quantitative estimate of drug-likeness (QED) is 0.813. The van der Waals surface area contributed by atoms with Crippen LogP contribution >= 0.6 is 15.9 Å². The molecule has 1 aliphatic rings. The third-order valence-corrected chi connectivity index (χ3v) is 4.33. The predicted molar refractivity (Wildman–Crippen MR) is 84.5 cm³/mol. The number of nitrogens with zero attached hydrogens (tertiary/aromatic N) is 1. The van der Waals surface area contributed by atoms with Crippen molar-refractivity contribution >= 4 is 27.7 Å². The zero-order valence-electron chi connectivity index (χ0n) is 13.4. The van der Waals surface area contributed by atoms with Crippen LogP contribution in [-0.2, 0) is 4.79 Å². The number of anilines is 1. The molecule has 1 fully saturated rings. The number of rotatable bonds is 2. The van der Waals surface area contributed by atoms with E-state index in [0.717, 1.165) is 0 Å². The molecule has 0 aromatic carbocycles. The van der Waals surface area contributed by atoms with Crippen LogP contribution in [-0.4, -0.2) is 23.0 Å². The van der Waals surface area contributed by atoms with Crippen molar-refractivity contribution in [3.63, 3.8) is 0 Å². The molecule has 0 bridgehead atoms. The molecule has 2 N–H and O–H groups in total. The van der Waals surface area contributed by atoms with E-state index in [9.17, 15) is 4.79 Å². The summed E-state index contributed by atoms with van der Waals surface area (Å²) in [5.74, 6) is 0.675. The molecule has 4 nitrogen and oxygen atoms in total. The lowest BCUT2D eigenvalue weighted by Crippen LogP contribution is -2.59. The maximum absolute atomic E-state index is 12.9. The van der Waals surface area contributed by atoms with E-state index in [4.69, 9.17) is 1.41 Å². The molecule has 0 unspecified atom stereocenters. The number of carbonyl (C=O) groups excluding carboxylic acids is 1. The largest absolute Gasteiger partial charge is 0.309 e. The average molecular weight is 341 g/mol. The van der Waals surface area contributed by atoms with Crippen molar-refractivity contribution in [2.45, 2.75) is 39.7 Å². The summed E-state index contributed by atoms with van der Waals surface area (Å²) in [6, 6.07) is 5.39. The maximum Gasteiger partial charge on any atom is 0.246 e. The van der Waals surface area contributed by atoms with Gasteiger partial charge in [0.25, 0.3) is 0 Å². The molecule has 5 heteroatoms. The van der Waals surface area contributed by atoms with Gasteiger partial charge in [-0.05, 0) is 52.4 Å². The lowest BCUT2D eigenvalue weighted by atomic mass is 9.71. The molecule has 0 spiro atoms. The Hall–Kier alpha value is -0.940. The average Bonchev–Trinajstić information content (AvgIpc) is 2.64. The summed E-state index contributed by atoms with van der Waals surface area (Å²) in [6.07, 6.45) is 0.680. The number of hydrogen-bond acceptors (Lipinski definition) is 3. The lowest BCUT2D eigenvalue weighted by Gasteiger charge is -2.40. The minimum Gasteiger partial charge on any atom is -0.309 e. The monoisotopic (exact) mass is 340 g/mol. The van der Waals surface area contributed by atoms with E-state index in [1.165, 1.54) is 5.31 Å². The number of carbonyl (C=O) groups is 1. The highest BCUT2D eigenvalue weighted by Gasteiger charge is 2.52. The Morgan fingerprint density at radius 2 is 2.30 bits per heavy atom. The van der Waals surface area contributed by atoms with E-state index >= 15 is 0 Å². The number of halogens is 1. The summed E-state index contributed by atoms with van der Waals surface area (Å²) >= 11 is 3.30. The van der Waals surface area contributed by atoms with Crippen molar-refractivity contribution in [2.75, 3.05) is 11.9 Å². The molecule has 1 saturated heterocycles. The Kier molecular flexibility index (Phi) is 3.82. The molecular formula is C15H22BrN3O. The van der Waals surface area contributed by atoms with Crippen molar-refractivity contribution in [1.82, 2.24) is 10.3 Å². The number of pyridine rings is 1. The second-order valence-corrected chi connectivity index (χ2v) is 7.37. The van der Waals surface area contributed by atoms with E-state index in [2.05, 4.69) is 33.2 Å². The van der Waals surface area contributed by atoms with Gasteiger partial charge in [0, 0.05) is 0 Å². The summed E-state index contributed by atoms with van der Waals surface area (Å²) in [7, 11) is 0. The second-order valence-electron chi connectivity index (χ2n) is 6.56. The lowest BCUT2D eigenvalue weighted by molar-refractivity contribution is -0.126. The van der Waals surface area contributed by atoms with Crippen LogP contribution in [0, 0.1) is 11.3 Å². The van der Waals surface area contributed by atoms with Gasteiger partial charge in [0.05, 0.1) is 0 Å². The highest BCUT2D eigenvalue weighted by atomic mass is 79.9. The molecule has 1 aromatic heterocycles. The Bertz CT molecular complexity index is 546. The van der Waals surface area contributed by atoms with E-state index < -0.39 is 5.54 Å². The van der Waals surface area contributed by atoms with Gasteiger partial charge < -0.3 is 10.6 Å². The molecule has 110 valence electrons. The molecule has 0 saturated carbocycles. The minimum absolute atomic E-state index is 0.153. The molecule has 2 atom stereocenters. The normalized spacial score (nSPS) is 28.2. The SMILES string of the molecule is [2H]N1C[C@@H](C)C[C@@]1(C(=O)Nc1cccc(Br)n1)C(C)(C)C. The van der Waals surface area contributed by atoms with Crippen LogP contribution in [0.2, 0.25) is 1.41 Å². The van der Waals surface area contributed by atoms with Crippen molar-refractivity contribution in [1.29, 1.82) is 0 Å². The van der Waals surface area contributed by atoms with E-state index in [0.29, 0.717) is 29.3 Å². The Morgan fingerprint density at radius 1 is 1.60 bits per heavy atom. The van der Waals surface area contributed by atoms with Crippen molar-refractivity contribution in [2.24, 2.45) is 11.3 Å². The van der Waals surface area contributed by atoms with Gasteiger partial charge in [-0.3, -0.25) is 4.79 Å². The summed E-state index contributed by atoms with van der Waals surface area (Å²) in [5, 5.41) is 4.33. The van der Waals surface area contributed by atoms with Crippen LogP contribution in [0.25, 0.3) is 0 Å². The number of hydrogen-bond donors (Lipinski definition) is 2. The number of aromatic nitrogens is 1. The first-order valence-electron chi connectivity index (χ1n) is 7.32. The van der Waals surface area contributed by atoms with Crippen LogP contribution in [0.15, 0.2) is 22.8 Å².